The van der Waals surface area contributed by atoms with Gasteiger partial charge >= 0.3 is 0 Å². The molecule has 0 saturated carbocycles. The minimum Gasteiger partial charge on any atom is -0.306 e. The Morgan fingerprint density at radius 3 is 2.67 bits per heavy atom. The zero-order valence-corrected chi connectivity index (χ0v) is 15.1. The van der Waals surface area contributed by atoms with Gasteiger partial charge in [-0.15, -0.1) is 0 Å². The molecule has 7 heteroatoms. The number of likely N-dealkylation sites (tertiary alicyclic amines) is 1. The van der Waals surface area contributed by atoms with Gasteiger partial charge in [0.2, 0.25) is 10.0 Å². The first-order chi connectivity index (χ1) is 9.88. The summed E-state index contributed by atoms with van der Waals surface area (Å²) in [6.45, 7) is 2.65. The predicted octanol–water partition coefficient (Wildman–Crippen LogP) is 3.11. The molecule has 0 bridgehead atoms. The second-order valence-corrected chi connectivity index (χ2v) is 8.57. The largest absolute Gasteiger partial charge is 0.306 e. The molecule has 1 aliphatic heterocycles. The molecule has 118 valence electrons. The van der Waals surface area contributed by atoms with Crippen molar-refractivity contribution in [3.8, 4) is 0 Å². The van der Waals surface area contributed by atoms with Crippen LogP contribution in [0.5, 0.6) is 0 Å². The van der Waals surface area contributed by atoms with Gasteiger partial charge < -0.3 is 4.90 Å². The van der Waals surface area contributed by atoms with Crippen LogP contribution >= 0.6 is 27.5 Å². The van der Waals surface area contributed by atoms with Crippen molar-refractivity contribution in [1.29, 1.82) is 0 Å². The monoisotopic (exact) mass is 394 g/mol. The molecule has 0 unspecified atom stereocenters. The normalized spacial score (nSPS) is 18.0. The Morgan fingerprint density at radius 1 is 1.38 bits per heavy atom. The second kappa shape index (κ2) is 7.42. The van der Waals surface area contributed by atoms with Crippen LogP contribution in [0, 0.1) is 5.92 Å². The fraction of sp³-hybridized carbons (Fsp3) is 0.571. The Kier molecular flexibility index (Phi) is 6.08. The molecule has 0 radical (unpaired) electrons. The molecule has 1 fully saturated rings. The van der Waals surface area contributed by atoms with Gasteiger partial charge in [0.05, 0.1) is 5.02 Å². The van der Waals surface area contributed by atoms with Crippen LogP contribution in [-0.2, 0) is 10.0 Å². The standard InChI is InChI=1S/C14H20BrClN2O2S/c1-18-8-5-11(6-9-18)4-7-17-21(19,20)14-3-2-12(15)10-13(14)16/h2-3,10-11,17H,4-9H2,1H3. The maximum Gasteiger partial charge on any atom is 0.242 e. The van der Waals surface area contributed by atoms with E-state index in [-0.39, 0.29) is 9.92 Å². The van der Waals surface area contributed by atoms with Crippen LogP contribution in [0.4, 0.5) is 0 Å². The Balaban J connectivity index is 1.89. The molecule has 0 spiro atoms. The van der Waals surface area contributed by atoms with E-state index in [1.807, 2.05) is 0 Å². The van der Waals surface area contributed by atoms with Crippen molar-refractivity contribution in [2.24, 2.45) is 5.92 Å². The van der Waals surface area contributed by atoms with E-state index in [9.17, 15) is 8.42 Å². The molecule has 21 heavy (non-hydrogen) atoms. The van der Waals surface area contributed by atoms with E-state index in [2.05, 4.69) is 32.6 Å². The molecule has 4 nitrogen and oxygen atoms in total. The van der Waals surface area contributed by atoms with Crippen molar-refractivity contribution >= 4 is 37.6 Å². The molecule has 0 amide bonds. The number of rotatable bonds is 5. The summed E-state index contributed by atoms with van der Waals surface area (Å²) in [6.07, 6.45) is 3.15. The second-order valence-electron chi connectivity index (χ2n) is 5.51. The summed E-state index contributed by atoms with van der Waals surface area (Å²) < 4.78 is 27.9. The lowest BCUT2D eigenvalue weighted by molar-refractivity contribution is 0.213. The molecule has 1 aromatic carbocycles. The fourth-order valence-corrected chi connectivity index (χ4v) is 4.60. The zero-order chi connectivity index (χ0) is 15.5. The molecular weight excluding hydrogens is 376 g/mol. The number of sulfonamides is 1. The molecule has 0 aromatic heterocycles. The molecule has 1 aromatic rings. The summed E-state index contributed by atoms with van der Waals surface area (Å²) >= 11 is 9.27. The third-order valence-corrected chi connectivity index (χ3v) is 6.30. The molecular formula is C14H20BrClN2O2S. The van der Waals surface area contributed by atoms with Crippen molar-refractivity contribution in [3.05, 3.63) is 27.7 Å². The quantitative estimate of drug-likeness (QED) is 0.833. The van der Waals surface area contributed by atoms with Gasteiger partial charge in [-0.1, -0.05) is 27.5 Å². The molecule has 1 N–H and O–H groups in total. The predicted molar refractivity (Wildman–Crippen MR) is 89.2 cm³/mol. The number of hydrogen-bond donors (Lipinski definition) is 1. The van der Waals surface area contributed by atoms with Gasteiger partial charge in [-0.3, -0.25) is 0 Å². The van der Waals surface area contributed by atoms with E-state index in [1.165, 1.54) is 6.07 Å². The lowest BCUT2D eigenvalue weighted by atomic mass is 9.94. The summed E-state index contributed by atoms with van der Waals surface area (Å²) in [7, 11) is -1.41. The van der Waals surface area contributed by atoms with Gasteiger partial charge in [-0.25, -0.2) is 13.1 Å². The number of nitrogens with one attached hydrogen (secondary N) is 1. The summed E-state index contributed by atoms with van der Waals surface area (Å²) in [6, 6.07) is 4.79. The van der Waals surface area contributed by atoms with Gasteiger partial charge in [-0.2, -0.15) is 0 Å². The fourth-order valence-electron chi connectivity index (χ4n) is 2.52. The lowest BCUT2D eigenvalue weighted by Crippen LogP contribution is -2.32. The first-order valence-corrected chi connectivity index (χ1v) is 9.67. The average molecular weight is 396 g/mol. The molecule has 1 saturated heterocycles. The zero-order valence-electron chi connectivity index (χ0n) is 12.0. The highest BCUT2D eigenvalue weighted by atomic mass is 79.9. The van der Waals surface area contributed by atoms with E-state index in [0.29, 0.717) is 12.5 Å². The average Bonchev–Trinajstić information content (AvgIpc) is 2.40. The van der Waals surface area contributed by atoms with Crippen molar-refractivity contribution < 1.29 is 8.42 Å². The Labute approximate surface area is 140 Å². The molecule has 0 atom stereocenters. The lowest BCUT2D eigenvalue weighted by Gasteiger charge is -2.28. The van der Waals surface area contributed by atoms with E-state index in [1.54, 1.807) is 12.1 Å². The highest BCUT2D eigenvalue weighted by molar-refractivity contribution is 9.10. The number of benzene rings is 1. The highest BCUT2D eigenvalue weighted by Crippen LogP contribution is 2.25. The highest BCUT2D eigenvalue weighted by Gasteiger charge is 2.20. The van der Waals surface area contributed by atoms with Gasteiger partial charge in [0.25, 0.3) is 0 Å². The third-order valence-electron chi connectivity index (χ3n) is 3.87. The van der Waals surface area contributed by atoms with Crippen molar-refractivity contribution in [2.75, 3.05) is 26.7 Å². The smallest absolute Gasteiger partial charge is 0.242 e. The summed E-state index contributed by atoms with van der Waals surface area (Å²) in [5.74, 6) is 0.601. The Hall–Kier alpha value is -0.140. The van der Waals surface area contributed by atoms with Crippen LogP contribution in [-0.4, -0.2) is 40.0 Å². The Bertz CT molecular complexity index is 587. The number of nitrogens with zero attached hydrogens (tertiary/aromatic N) is 1. The maximum atomic E-state index is 12.2. The van der Waals surface area contributed by atoms with E-state index < -0.39 is 10.0 Å². The molecule has 1 heterocycles. The summed E-state index contributed by atoms with van der Waals surface area (Å²) in [4.78, 5) is 2.44. The van der Waals surface area contributed by atoms with E-state index in [4.69, 9.17) is 11.6 Å². The topological polar surface area (TPSA) is 49.4 Å². The van der Waals surface area contributed by atoms with Crippen LogP contribution in [0.25, 0.3) is 0 Å². The number of halogens is 2. The molecule has 2 rings (SSSR count). The van der Waals surface area contributed by atoms with Crippen LogP contribution in [0.15, 0.2) is 27.6 Å². The first-order valence-electron chi connectivity index (χ1n) is 7.02. The Morgan fingerprint density at radius 2 is 2.05 bits per heavy atom. The van der Waals surface area contributed by atoms with Gasteiger partial charge in [-0.05, 0) is 63.5 Å². The van der Waals surface area contributed by atoms with Gasteiger partial charge in [0.15, 0.2) is 0 Å². The van der Waals surface area contributed by atoms with Gasteiger partial charge in [0, 0.05) is 11.0 Å². The van der Waals surface area contributed by atoms with Crippen LogP contribution in [0.2, 0.25) is 5.02 Å². The summed E-state index contributed by atoms with van der Waals surface area (Å²) in [5.41, 5.74) is 0. The van der Waals surface area contributed by atoms with Gasteiger partial charge in [0.1, 0.15) is 4.90 Å². The van der Waals surface area contributed by atoms with E-state index in [0.717, 1.165) is 36.8 Å². The SMILES string of the molecule is CN1CCC(CCNS(=O)(=O)c2ccc(Br)cc2Cl)CC1. The van der Waals surface area contributed by atoms with Crippen LogP contribution in [0.1, 0.15) is 19.3 Å². The van der Waals surface area contributed by atoms with Crippen LogP contribution in [0.3, 0.4) is 0 Å². The molecule has 0 aliphatic carbocycles. The maximum absolute atomic E-state index is 12.2. The van der Waals surface area contributed by atoms with Crippen molar-refractivity contribution in [3.63, 3.8) is 0 Å². The summed E-state index contributed by atoms with van der Waals surface area (Å²) in [5, 5.41) is 0.233. The number of hydrogen-bond acceptors (Lipinski definition) is 3. The van der Waals surface area contributed by atoms with Crippen molar-refractivity contribution in [1.82, 2.24) is 9.62 Å². The number of piperidine rings is 1. The first kappa shape index (κ1) is 17.2. The van der Waals surface area contributed by atoms with Crippen LogP contribution < -0.4 is 4.72 Å². The van der Waals surface area contributed by atoms with Crippen molar-refractivity contribution in [2.45, 2.75) is 24.2 Å². The third kappa shape index (κ3) is 4.93. The minimum atomic E-state index is -3.53. The minimum absolute atomic E-state index is 0.135. The van der Waals surface area contributed by atoms with E-state index >= 15 is 0 Å². The molecule has 1 aliphatic rings.